The molecule has 2 aliphatic rings. The molecular formula is C27H31N5O4S2. The minimum atomic E-state index is -2.46. The number of nitrogens with one attached hydrogen (secondary N) is 2. The standard InChI is InChI=1S/C27H31N5O4S2/c1-4-38(35)24-11-20(8-9-21(24)12-29-38)26(34)28-13-25(33)31-27-30-23(16-37-27)19-6-5-7-22(10-19)32-14-17(2)36-18(3)15-32/h5-11,16-18H,4,12-15H2,1-3H3,(H,28,34)(H,30,31,33)/t17-,18+,38?. The van der Waals surface area contributed by atoms with Crippen LogP contribution in [0.15, 0.2) is 57.1 Å². The number of benzene rings is 2. The summed E-state index contributed by atoms with van der Waals surface area (Å²) >= 11 is 1.33. The van der Waals surface area contributed by atoms with E-state index in [2.05, 4.69) is 50.9 Å². The largest absolute Gasteiger partial charge is 0.372 e. The van der Waals surface area contributed by atoms with Crippen LogP contribution < -0.4 is 15.5 Å². The van der Waals surface area contributed by atoms with Crippen LogP contribution >= 0.6 is 11.3 Å². The van der Waals surface area contributed by atoms with Crippen molar-refractivity contribution in [1.29, 1.82) is 0 Å². The van der Waals surface area contributed by atoms with E-state index in [0.717, 1.165) is 35.6 Å². The SMILES string of the molecule is CCS1(=O)=NCc2ccc(C(=O)NCC(=O)Nc3nc(-c4cccc(N5C[C@@H](C)O[C@@H](C)C5)c4)cs3)cc21. The molecule has 0 spiro atoms. The number of carbonyl (C=O) groups is 2. The van der Waals surface area contributed by atoms with E-state index in [1.54, 1.807) is 18.2 Å². The molecule has 200 valence electrons. The number of anilines is 2. The third-order valence-corrected chi connectivity index (χ3v) is 9.75. The molecule has 2 N–H and O–H groups in total. The molecule has 0 saturated carbocycles. The summed E-state index contributed by atoms with van der Waals surface area (Å²) in [6.45, 7) is 7.84. The smallest absolute Gasteiger partial charge is 0.251 e. The Balaban J connectivity index is 1.19. The number of nitrogens with zero attached hydrogens (tertiary/aromatic N) is 3. The van der Waals surface area contributed by atoms with Crippen molar-refractivity contribution >= 4 is 43.7 Å². The number of amides is 2. The first-order valence-electron chi connectivity index (χ1n) is 12.6. The lowest BCUT2D eigenvalue weighted by Gasteiger charge is -2.37. The summed E-state index contributed by atoms with van der Waals surface area (Å²) in [7, 11) is -2.46. The summed E-state index contributed by atoms with van der Waals surface area (Å²) in [6.07, 6.45) is 0.333. The fourth-order valence-electron chi connectivity index (χ4n) is 4.75. The van der Waals surface area contributed by atoms with Gasteiger partial charge in [0.05, 0.1) is 45.6 Å². The van der Waals surface area contributed by atoms with E-state index < -0.39 is 15.6 Å². The van der Waals surface area contributed by atoms with Crippen molar-refractivity contribution in [3.63, 3.8) is 0 Å². The number of aromatic nitrogens is 1. The Morgan fingerprint density at radius 1 is 1.16 bits per heavy atom. The highest BCUT2D eigenvalue weighted by atomic mass is 32.2. The van der Waals surface area contributed by atoms with Crippen LogP contribution in [0.25, 0.3) is 11.3 Å². The Kier molecular flexibility index (Phi) is 7.51. The second kappa shape index (κ2) is 10.8. The van der Waals surface area contributed by atoms with E-state index in [1.165, 1.54) is 11.3 Å². The topological polar surface area (TPSA) is 113 Å². The van der Waals surface area contributed by atoms with Gasteiger partial charge >= 0.3 is 0 Å². The number of fused-ring (bicyclic) bond motifs is 1. The Bertz CT molecular complexity index is 1480. The van der Waals surface area contributed by atoms with Gasteiger partial charge in [-0.05, 0) is 43.7 Å². The van der Waals surface area contributed by atoms with Gasteiger partial charge in [0.25, 0.3) is 5.91 Å². The number of morpholine rings is 1. The lowest BCUT2D eigenvalue weighted by molar-refractivity contribution is -0.115. The Hall–Kier alpha value is -3.28. The molecule has 38 heavy (non-hydrogen) atoms. The van der Waals surface area contributed by atoms with Gasteiger partial charge in [0, 0.05) is 41.0 Å². The molecular weight excluding hydrogens is 522 g/mol. The lowest BCUT2D eigenvalue weighted by atomic mass is 10.1. The Morgan fingerprint density at radius 2 is 1.95 bits per heavy atom. The fraction of sp³-hybridized carbons (Fsp3) is 0.370. The molecule has 1 unspecified atom stereocenters. The molecule has 3 aromatic rings. The van der Waals surface area contributed by atoms with Gasteiger partial charge in [-0.1, -0.05) is 25.1 Å². The maximum atomic E-state index is 12.9. The van der Waals surface area contributed by atoms with Gasteiger partial charge in [0.2, 0.25) is 5.91 Å². The molecule has 0 bridgehead atoms. The minimum Gasteiger partial charge on any atom is -0.372 e. The molecule has 0 radical (unpaired) electrons. The van der Waals surface area contributed by atoms with E-state index in [0.29, 0.717) is 27.9 Å². The first-order chi connectivity index (χ1) is 18.2. The molecule has 3 heterocycles. The van der Waals surface area contributed by atoms with Crippen molar-refractivity contribution in [2.75, 3.05) is 35.6 Å². The summed E-state index contributed by atoms with van der Waals surface area (Å²) in [5.41, 5.74) is 4.08. The summed E-state index contributed by atoms with van der Waals surface area (Å²) in [5, 5.41) is 7.75. The minimum absolute atomic E-state index is 0.167. The zero-order chi connectivity index (χ0) is 26.9. The Labute approximate surface area is 226 Å². The van der Waals surface area contributed by atoms with Crippen molar-refractivity contribution in [3.8, 4) is 11.3 Å². The van der Waals surface area contributed by atoms with Crippen molar-refractivity contribution in [2.45, 2.75) is 44.4 Å². The predicted molar refractivity (Wildman–Crippen MR) is 150 cm³/mol. The second-order valence-corrected chi connectivity index (χ2v) is 12.9. The van der Waals surface area contributed by atoms with Crippen molar-refractivity contribution in [3.05, 3.63) is 59.0 Å². The van der Waals surface area contributed by atoms with Gasteiger partial charge in [0.1, 0.15) is 0 Å². The van der Waals surface area contributed by atoms with Crippen molar-refractivity contribution in [1.82, 2.24) is 10.3 Å². The molecule has 2 aromatic carbocycles. The molecule has 5 rings (SSSR count). The van der Waals surface area contributed by atoms with Gasteiger partial charge in [-0.15, -0.1) is 11.3 Å². The first kappa shape index (κ1) is 26.3. The number of rotatable bonds is 7. The molecule has 1 aromatic heterocycles. The predicted octanol–water partition coefficient (Wildman–Crippen LogP) is 4.15. The summed E-state index contributed by atoms with van der Waals surface area (Å²) < 4.78 is 23.0. The van der Waals surface area contributed by atoms with E-state index in [-0.39, 0.29) is 24.7 Å². The van der Waals surface area contributed by atoms with Crippen LogP contribution in [-0.2, 0) is 25.8 Å². The maximum Gasteiger partial charge on any atom is 0.251 e. The van der Waals surface area contributed by atoms with Crippen molar-refractivity contribution in [2.24, 2.45) is 4.36 Å². The van der Waals surface area contributed by atoms with E-state index in [1.807, 2.05) is 24.4 Å². The van der Waals surface area contributed by atoms with Crippen LogP contribution in [0.3, 0.4) is 0 Å². The third kappa shape index (κ3) is 5.59. The molecule has 1 saturated heterocycles. The zero-order valence-electron chi connectivity index (χ0n) is 21.6. The highest BCUT2D eigenvalue weighted by Gasteiger charge is 2.24. The first-order valence-corrected chi connectivity index (χ1v) is 15.2. The van der Waals surface area contributed by atoms with E-state index in [9.17, 15) is 13.8 Å². The summed E-state index contributed by atoms with van der Waals surface area (Å²) in [4.78, 5) is 32.7. The van der Waals surface area contributed by atoms with E-state index >= 15 is 0 Å². The van der Waals surface area contributed by atoms with Crippen LogP contribution in [0, 0.1) is 0 Å². The van der Waals surface area contributed by atoms with Crippen LogP contribution in [0.5, 0.6) is 0 Å². The van der Waals surface area contributed by atoms with Gasteiger partial charge in [-0.2, -0.15) is 0 Å². The number of thiazole rings is 1. The Morgan fingerprint density at radius 3 is 2.71 bits per heavy atom. The highest BCUT2D eigenvalue weighted by molar-refractivity contribution is 7.93. The fourth-order valence-corrected chi connectivity index (χ4v) is 7.32. The van der Waals surface area contributed by atoms with Gasteiger partial charge < -0.3 is 20.3 Å². The lowest BCUT2D eigenvalue weighted by Crippen LogP contribution is -2.45. The quantitative estimate of drug-likeness (QED) is 0.455. The zero-order valence-corrected chi connectivity index (χ0v) is 23.2. The van der Waals surface area contributed by atoms with E-state index in [4.69, 9.17) is 4.74 Å². The number of hydrogen-bond acceptors (Lipinski definition) is 8. The molecule has 0 aliphatic carbocycles. The third-order valence-electron chi connectivity index (χ3n) is 6.59. The maximum absolute atomic E-state index is 12.9. The molecule has 9 nitrogen and oxygen atoms in total. The van der Waals surface area contributed by atoms with Crippen molar-refractivity contribution < 1.29 is 18.5 Å². The van der Waals surface area contributed by atoms with Crippen LogP contribution in [0.2, 0.25) is 0 Å². The summed E-state index contributed by atoms with van der Waals surface area (Å²) in [6, 6.07) is 13.3. The highest BCUT2D eigenvalue weighted by Crippen LogP contribution is 2.30. The normalized spacial score (nSPS) is 22.4. The second-order valence-electron chi connectivity index (χ2n) is 9.52. The van der Waals surface area contributed by atoms with Crippen LogP contribution in [-0.4, -0.2) is 58.6 Å². The number of carbonyl (C=O) groups excluding carboxylic acids is 2. The number of ether oxygens (including phenoxy) is 1. The van der Waals surface area contributed by atoms with Crippen LogP contribution in [0.4, 0.5) is 10.8 Å². The molecule has 2 amide bonds. The van der Waals surface area contributed by atoms with Gasteiger partial charge in [-0.25, -0.2) is 13.6 Å². The average Bonchev–Trinajstić information content (AvgIpc) is 3.51. The molecule has 11 heteroatoms. The molecule has 1 fully saturated rings. The monoisotopic (exact) mass is 553 g/mol. The molecule has 2 aliphatic heterocycles. The molecule has 3 atom stereocenters. The van der Waals surface area contributed by atoms with Gasteiger partial charge in [0.15, 0.2) is 5.13 Å². The van der Waals surface area contributed by atoms with Gasteiger partial charge in [-0.3, -0.25) is 9.59 Å². The van der Waals surface area contributed by atoms with Crippen LogP contribution in [0.1, 0.15) is 36.7 Å². The average molecular weight is 554 g/mol. The summed E-state index contributed by atoms with van der Waals surface area (Å²) in [5.74, 6) is -0.381. The number of hydrogen-bond donors (Lipinski definition) is 2.